The molecule has 0 saturated carbocycles. The van der Waals surface area contributed by atoms with Gasteiger partial charge in [-0.3, -0.25) is 0 Å². The highest BCUT2D eigenvalue weighted by molar-refractivity contribution is 6.08. The molecule has 0 N–H and O–H groups in total. The summed E-state index contributed by atoms with van der Waals surface area (Å²) in [6, 6.07) is 107. The summed E-state index contributed by atoms with van der Waals surface area (Å²) in [5.41, 5.74) is 22.0. The van der Waals surface area contributed by atoms with Crippen molar-refractivity contribution in [3.63, 3.8) is 0 Å². The molecule has 0 fully saturated rings. The number of benzene rings is 13. The van der Waals surface area contributed by atoms with Gasteiger partial charge in [0.05, 0.1) is 16.8 Å². The van der Waals surface area contributed by atoms with Gasteiger partial charge >= 0.3 is 0 Å². The minimum atomic E-state index is -0.713. The fourth-order valence-electron chi connectivity index (χ4n) is 13.2. The molecule has 1 spiro atoms. The van der Waals surface area contributed by atoms with E-state index in [4.69, 9.17) is 4.42 Å². The van der Waals surface area contributed by atoms with Gasteiger partial charge in [0.15, 0.2) is 0 Å². The van der Waals surface area contributed by atoms with Crippen molar-refractivity contribution in [1.82, 2.24) is 0 Å². The molecule has 3 nitrogen and oxygen atoms in total. The SMILES string of the molecule is c1ccc(N(c2ccccc2)c2cc3c(cc2-c2ccc4ccccc4c2)-c2ccccc2C32c3ccccc3-c3cc(-c4ccc5ccccc5c4)c(N(c4ccccc4)c4ccc5c(c4)oc4ccccc45)cc32)cc1. The van der Waals surface area contributed by atoms with E-state index in [2.05, 4.69) is 295 Å². The molecule has 78 heavy (non-hydrogen) atoms. The first-order valence-electron chi connectivity index (χ1n) is 26.9. The molecule has 0 amide bonds. The monoisotopic (exact) mass is 992 g/mol. The van der Waals surface area contributed by atoms with Gasteiger partial charge in [-0.2, -0.15) is 0 Å². The van der Waals surface area contributed by atoms with Crippen molar-refractivity contribution >= 4 is 77.6 Å². The van der Waals surface area contributed by atoms with Gasteiger partial charge < -0.3 is 14.2 Å². The maximum absolute atomic E-state index is 6.67. The molecule has 364 valence electrons. The maximum atomic E-state index is 6.67. The van der Waals surface area contributed by atoms with Crippen LogP contribution in [0.15, 0.2) is 296 Å². The van der Waals surface area contributed by atoms with Crippen LogP contribution in [0.4, 0.5) is 34.1 Å². The van der Waals surface area contributed by atoms with Gasteiger partial charge in [0.2, 0.25) is 0 Å². The lowest BCUT2D eigenvalue weighted by Gasteiger charge is -2.34. The van der Waals surface area contributed by atoms with Gasteiger partial charge in [-0.15, -0.1) is 0 Å². The molecule has 0 aliphatic heterocycles. The molecule has 16 rings (SSSR count). The fourth-order valence-corrected chi connectivity index (χ4v) is 13.2. The fraction of sp³-hybridized carbons (Fsp3) is 0.0133. The van der Waals surface area contributed by atoms with Gasteiger partial charge in [-0.05, 0) is 168 Å². The Balaban J connectivity index is 1.03. The first-order chi connectivity index (χ1) is 38.7. The van der Waals surface area contributed by atoms with Gasteiger partial charge in [0.1, 0.15) is 11.2 Å². The average Bonchev–Trinajstić information content (AvgIpc) is 3.91. The van der Waals surface area contributed by atoms with Crippen LogP contribution in [0.2, 0.25) is 0 Å². The minimum absolute atomic E-state index is 0.713. The average molecular weight is 993 g/mol. The number of hydrogen-bond donors (Lipinski definition) is 0. The molecule has 0 radical (unpaired) electrons. The maximum Gasteiger partial charge on any atom is 0.137 e. The molecule has 14 aromatic rings. The first kappa shape index (κ1) is 44.1. The molecular weight excluding hydrogens is 945 g/mol. The number of nitrogens with zero attached hydrogens (tertiary/aromatic N) is 2. The normalized spacial score (nSPS) is 13.9. The van der Waals surface area contributed by atoms with Crippen LogP contribution in [0, 0.1) is 0 Å². The van der Waals surface area contributed by atoms with Crippen LogP contribution in [-0.2, 0) is 5.41 Å². The molecule has 1 heterocycles. The predicted octanol–water partition coefficient (Wildman–Crippen LogP) is 20.5. The van der Waals surface area contributed by atoms with Crippen molar-refractivity contribution in [3.8, 4) is 44.5 Å². The largest absolute Gasteiger partial charge is 0.456 e. The van der Waals surface area contributed by atoms with Crippen molar-refractivity contribution in [2.75, 3.05) is 9.80 Å². The zero-order chi connectivity index (χ0) is 51.3. The van der Waals surface area contributed by atoms with Crippen molar-refractivity contribution in [1.29, 1.82) is 0 Å². The van der Waals surface area contributed by atoms with Crippen molar-refractivity contribution in [3.05, 3.63) is 313 Å². The quantitative estimate of drug-likeness (QED) is 0.151. The van der Waals surface area contributed by atoms with E-state index in [1.54, 1.807) is 0 Å². The van der Waals surface area contributed by atoms with E-state index in [9.17, 15) is 0 Å². The predicted molar refractivity (Wildman–Crippen MR) is 325 cm³/mol. The van der Waals surface area contributed by atoms with Gasteiger partial charge in [0, 0.05) is 50.7 Å². The van der Waals surface area contributed by atoms with Crippen LogP contribution in [0.25, 0.3) is 88.0 Å². The summed E-state index contributed by atoms with van der Waals surface area (Å²) in [6.45, 7) is 0. The smallest absolute Gasteiger partial charge is 0.137 e. The highest BCUT2D eigenvalue weighted by Gasteiger charge is 2.53. The highest BCUT2D eigenvalue weighted by atomic mass is 16.3. The number of hydrogen-bond acceptors (Lipinski definition) is 3. The summed E-state index contributed by atoms with van der Waals surface area (Å²) in [5.74, 6) is 0. The molecular formula is C75H48N2O. The van der Waals surface area contributed by atoms with Crippen molar-refractivity contribution in [2.45, 2.75) is 5.41 Å². The molecule has 2 aliphatic rings. The Kier molecular flexibility index (Phi) is 9.85. The lowest BCUT2D eigenvalue weighted by molar-refractivity contribution is 0.669. The second-order valence-electron chi connectivity index (χ2n) is 20.8. The molecule has 1 atom stereocenters. The Labute approximate surface area is 452 Å². The van der Waals surface area contributed by atoms with Crippen LogP contribution < -0.4 is 9.80 Å². The number of para-hydroxylation sites is 4. The number of furan rings is 1. The summed E-state index contributed by atoms with van der Waals surface area (Å²) < 4.78 is 6.67. The van der Waals surface area contributed by atoms with Crippen LogP contribution >= 0.6 is 0 Å². The Morgan fingerprint density at radius 1 is 0.244 bits per heavy atom. The van der Waals surface area contributed by atoms with Crippen LogP contribution in [0.1, 0.15) is 22.3 Å². The molecule has 1 unspecified atom stereocenters. The summed E-state index contributed by atoms with van der Waals surface area (Å²) in [5, 5.41) is 7.04. The molecule has 0 saturated heterocycles. The standard InChI is InChI=1S/C75H48N2O/c1-4-24-55(25-5-1)76(56-26-6-2-7-27-56)71-47-69-65(45-63(71)53-38-36-49-20-10-12-22-51(49)42-53)59-30-14-17-33-67(59)75(69)68-34-18-15-31-60(68)66-46-64(54-39-37-50-21-11-13-23-52(50)43-54)72(48-70(66)75)77(57-28-8-3-9-29-57)58-40-41-62-61-32-16-19-35-73(61)78-74(62)44-58/h1-48H. The Hall–Kier alpha value is -10.2. The number of rotatable bonds is 8. The third-order valence-electron chi connectivity index (χ3n) is 16.6. The summed E-state index contributed by atoms with van der Waals surface area (Å²) in [7, 11) is 0. The van der Waals surface area contributed by atoms with Crippen LogP contribution in [0.5, 0.6) is 0 Å². The Morgan fingerprint density at radius 3 is 1.19 bits per heavy atom. The van der Waals surface area contributed by atoms with E-state index >= 15 is 0 Å². The second kappa shape index (κ2) is 17.4. The van der Waals surface area contributed by atoms with E-state index in [0.29, 0.717) is 0 Å². The summed E-state index contributed by atoms with van der Waals surface area (Å²) >= 11 is 0. The lowest BCUT2D eigenvalue weighted by atomic mass is 9.70. The zero-order valence-corrected chi connectivity index (χ0v) is 42.5. The molecule has 1 aromatic heterocycles. The van der Waals surface area contributed by atoms with Crippen LogP contribution in [-0.4, -0.2) is 0 Å². The van der Waals surface area contributed by atoms with E-state index < -0.39 is 5.41 Å². The Bertz CT molecular complexity index is 4640. The van der Waals surface area contributed by atoms with E-state index in [1.165, 1.54) is 66.1 Å². The van der Waals surface area contributed by atoms with E-state index in [-0.39, 0.29) is 0 Å². The van der Waals surface area contributed by atoms with Crippen molar-refractivity contribution < 1.29 is 4.42 Å². The topological polar surface area (TPSA) is 19.6 Å². The number of fused-ring (bicyclic) bond motifs is 15. The van der Waals surface area contributed by atoms with E-state index in [0.717, 1.165) is 78.3 Å². The highest BCUT2D eigenvalue weighted by Crippen LogP contribution is 2.66. The molecule has 13 aromatic carbocycles. The second-order valence-corrected chi connectivity index (χ2v) is 20.8. The molecule has 0 bridgehead atoms. The van der Waals surface area contributed by atoms with Gasteiger partial charge in [-0.1, -0.05) is 194 Å². The third-order valence-corrected chi connectivity index (χ3v) is 16.6. The molecule has 2 aliphatic carbocycles. The van der Waals surface area contributed by atoms with Gasteiger partial charge in [0.25, 0.3) is 0 Å². The minimum Gasteiger partial charge on any atom is -0.456 e. The number of anilines is 6. The summed E-state index contributed by atoms with van der Waals surface area (Å²) in [4.78, 5) is 4.92. The summed E-state index contributed by atoms with van der Waals surface area (Å²) in [6.07, 6.45) is 0. The third kappa shape index (κ3) is 6.65. The van der Waals surface area contributed by atoms with Crippen LogP contribution in [0.3, 0.4) is 0 Å². The lowest BCUT2D eigenvalue weighted by Crippen LogP contribution is -2.27. The zero-order valence-electron chi connectivity index (χ0n) is 42.5. The molecule has 3 heteroatoms. The van der Waals surface area contributed by atoms with Crippen molar-refractivity contribution in [2.24, 2.45) is 0 Å². The Morgan fingerprint density at radius 2 is 0.667 bits per heavy atom. The first-order valence-corrected chi connectivity index (χ1v) is 26.9. The van der Waals surface area contributed by atoms with E-state index in [1.807, 2.05) is 6.07 Å². The van der Waals surface area contributed by atoms with Gasteiger partial charge in [-0.25, -0.2) is 0 Å².